The first-order chi connectivity index (χ1) is 29.1. The van der Waals surface area contributed by atoms with Gasteiger partial charge in [-0.2, -0.15) is 0 Å². The van der Waals surface area contributed by atoms with Gasteiger partial charge in [-0.3, -0.25) is 19.9 Å². The van der Waals surface area contributed by atoms with Gasteiger partial charge in [-0.15, -0.1) is 0 Å². The van der Waals surface area contributed by atoms with Crippen molar-refractivity contribution in [2.24, 2.45) is 0 Å². The Bertz CT molecular complexity index is 2600. The molecule has 0 amide bonds. The number of aryl methyl sites for hydroxylation is 2. The number of pyridine rings is 4. The van der Waals surface area contributed by atoms with Crippen molar-refractivity contribution in [3.8, 4) is 23.0 Å². The van der Waals surface area contributed by atoms with Gasteiger partial charge in [-0.1, -0.05) is 81.4 Å². The second kappa shape index (κ2) is 16.7. The van der Waals surface area contributed by atoms with Crippen molar-refractivity contribution in [1.29, 1.82) is 0 Å². The van der Waals surface area contributed by atoms with Gasteiger partial charge < -0.3 is 19.7 Å². The zero-order chi connectivity index (χ0) is 41.7. The van der Waals surface area contributed by atoms with Crippen LogP contribution in [-0.4, -0.2) is 30.1 Å². The van der Waals surface area contributed by atoms with E-state index in [-0.39, 0.29) is 5.41 Å². The third-order valence-electron chi connectivity index (χ3n) is 11.2. The van der Waals surface area contributed by atoms with Crippen LogP contribution in [-0.2, 0) is 23.0 Å². The summed E-state index contributed by atoms with van der Waals surface area (Å²) in [6.45, 7) is 8.40. The summed E-state index contributed by atoms with van der Waals surface area (Å²) in [5.41, 5.74) is 3.76. The Balaban J connectivity index is 1.01. The summed E-state index contributed by atoms with van der Waals surface area (Å²) in [6.07, 6.45) is 7.40. The highest BCUT2D eigenvalue weighted by Crippen LogP contribution is 2.41. The van der Waals surface area contributed by atoms with E-state index in [0.29, 0.717) is 63.3 Å². The second-order valence-electron chi connectivity index (χ2n) is 15.3. The first kappa shape index (κ1) is 39.8. The lowest BCUT2D eigenvalue weighted by Crippen LogP contribution is -2.32. The molecular formula is C52H46N4O4. The highest BCUT2D eigenvalue weighted by atomic mass is 16.5. The van der Waals surface area contributed by atoms with Crippen molar-refractivity contribution in [2.75, 3.05) is 0 Å². The SMILES string of the molecule is CCc1ccc(Oc2ccc(C(C)(C)c3ccc(Oc4ccc(C)c(C(O)(c5ccccn5)c5ccccn5)c4)cc3)cc2)cc1C(O)(c1ccccn1)c1ccccn1. The third kappa shape index (κ3) is 7.66. The summed E-state index contributed by atoms with van der Waals surface area (Å²) in [6, 6.07) is 49.7. The minimum atomic E-state index is -1.59. The number of benzene rings is 4. The van der Waals surface area contributed by atoms with Crippen LogP contribution >= 0.6 is 0 Å². The monoisotopic (exact) mass is 790 g/mol. The lowest BCUT2D eigenvalue weighted by Gasteiger charge is -2.30. The smallest absolute Gasteiger partial charge is 0.174 e. The molecule has 0 saturated carbocycles. The van der Waals surface area contributed by atoms with E-state index in [2.05, 4.69) is 65.0 Å². The van der Waals surface area contributed by atoms with Crippen LogP contribution in [0.3, 0.4) is 0 Å². The minimum Gasteiger partial charge on any atom is -0.457 e. The Morgan fingerprint density at radius 3 is 1.20 bits per heavy atom. The Labute approximate surface area is 350 Å². The summed E-state index contributed by atoms with van der Waals surface area (Å²) >= 11 is 0. The number of nitrogens with zero attached hydrogens (tertiary/aromatic N) is 4. The zero-order valence-corrected chi connectivity index (χ0v) is 34.0. The maximum atomic E-state index is 12.5. The van der Waals surface area contributed by atoms with E-state index in [1.807, 2.05) is 128 Å². The van der Waals surface area contributed by atoms with Crippen molar-refractivity contribution in [1.82, 2.24) is 19.9 Å². The number of ether oxygens (including phenoxy) is 2. The molecule has 0 aliphatic heterocycles. The van der Waals surface area contributed by atoms with Gasteiger partial charge in [0.1, 0.15) is 23.0 Å². The van der Waals surface area contributed by atoms with Gasteiger partial charge in [-0.25, -0.2) is 0 Å². The molecule has 0 unspecified atom stereocenters. The van der Waals surface area contributed by atoms with E-state index in [9.17, 15) is 10.2 Å². The fraction of sp³-hybridized carbons (Fsp3) is 0.154. The van der Waals surface area contributed by atoms with Crippen LogP contribution in [0.25, 0.3) is 0 Å². The molecule has 0 bridgehead atoms. The van der Waals surface area contributed by atoms with Crippen molar-refractivity contribution in [2.45, 2.75) is 50.7 Å². The topological polar surface area (TPSA) is 110 Å². The molecule has 0 radical (unpaired) electrons. The molecule has 298 valence electrons. The van der Waals surface area contributed by atoms with E-state index in [1.165, 1.54) is 0 Å². The molecule has 60 heavy (non-hydrogen) atoms. The van der Waals surface area contributed by atoms with Crippen molar-refractivity contribution >= 4 is 0 Å². The summed E-state index contributed by atoms with van der Waals surface area (Å²) in [5.74, 6) is 2.51. The van der Waals surface area contributed by atoms with E-state index < -0.39 is 11.2 Å². The predicted octanol–water partition coefficient (Wildman–Crippen LogP) is 10.6. The molecule has 8 aromatic rings. The average molecular weight is 791 g/mol. The molecule has 4 aromatic carbocycles. The van der Waals surface area contributed by atoms with Gasteiger partial charge in [0.2, 0.25) is 0 Å². The first-order valence-corrected chi connectivity index (χ1v) is 20.0. The zero-order valence-electron chi connectivity index (χ0n) is 34.0. The quantitative estimate of drug-likeness (QED) is 0.119. The molecule has 8 nitrogen and oxygen atoms in total. The van der Waals surface area contributed by atoms with E-state index in [4.69, 9.17) is 9.47 Å². The molecule has 2 N–H and O–H groups in total. The average Bonchev–Trinajstić information content (AvgIpc) is 3.30. The number of aromatic nitrogens is 4. The van der Waals surface area contributed by atoms with Crippen molar-refractivity contribution in [3.63, 3.8) is 0 Å². The van der Waals surface area contributed by atoms with Gasteiger partial charge >= 0.3 is 0 Å². The molecule has 4 aromatic heterocycles. The summed E-state index contributed by atoms with van der Waals surface area (Å²) in [7, 11) is 0. The standard InChI is InChI=1S/C52H46N4O4/c1-5-37-19-25-43(35-45(37)52(58,48-16-8-12-32-55-48)49-17-9-13-33-56-49)60-41-28-22-39(23-29-41)50(3,4)38-20-26-40(27-21-38)59-42-24-18-36(2)44(34-42)51(57,46-14-6-10-30-53-46)47-15-7-11-31-54-47/h6-35,57-58H,5H2,1-4H3. The molecule has 8 rings (SSSR count). The molecular weight excluding hydrogens is 745 g/mol. The maximum Gasteiger partial charge on any atom is 0.174 e. The summed E-state index contributed by atoms with van der Waals surface area (Å²) in [5, 5.41) is 24.8. The fourth-order valence-electron chi connectivity index (χ4n) is 7.76. The molecule has 0 aliphatic carbocycles. The summed E-state index contributed by atoms with van der Waals surface area (Å²) < 4.78 is 12.8. The Morgan fingerprint density at radius 1 is 0.450 bits per heavy atom. The number of hydrogen-bond acceptors (Lipinski definition) is 8. The fourth-order valence-corrected chi connectivity index (χ4v) is 7.76. The molecule has 0 atom stereocenters. The molecule has 4 heterocycles. The number of hydrogen-bond donors (Lipinski definition) is 2. The number of aliphatic hydroxyl groups is 2. The molecule has 0 fully saturated rings. The molecule has 8 heteroatoms. The van der Waals surface area contributed by atoms with Crippen molar-refractivity contribution < 1.29 is 19.7 Å². The van der Waals surface area contributed by atoms with Gasteiger partial charge in [-0.05, 0) is 133 Å². The van der Waals surface area contributed by atoms with Gasteiger partial charge in [0.05, 0.1) is 22.8 Å². The largest absolute Gasteiger partial charge is 0.457 e. The highest BCUT2D eigenvalue weighted by molar-refractivity contribution is 5.52. The molecule has 0 aliphatic rings. The van der Waals surface area contributed by atoms with Crippen LogP contribution in [0.1, 0.15) is 76.9 Å². The number of rotatable bonds is 13. The van der Waals surface area contributed by atoms with Crippen molar-refractivity contribution in [3.05, 3.63) is 239 Å². The van der Waals surface area contributed by atoms with Crippen LogP contribution in [0.15, 0.2) is 183 Å². The summed E-state index contributed by atoms with van der Waals surface area (Å²) in [4.78, 5) is 18.2. The van der Waals surface area contributed by atoms with Gasteiger partial charge in [0.15, 0.2) is 11.2 Å². The van der Waals surface area contributed by atoms with Gasteiger partial charge in [0.25, 0.3) is 0 Å². The van der Waals surface area contributed by atoms with Crippen LogP contribution in [0.5, 0.6) is 23.0 Å². The lowest BCUT2D eigenvalue weighted by atomic mass is 9.78. The lowest BCUT2D eigenvalue weighted by molar-refractivity contribution is 0.114. The van der Waals surface area contributed by atoms with Crippen LogP contribution in [0.4, 0.5) is 0 Å². The van der Waals surface area contributed by atoms with E-state index in [1.54, 1.807) is 36.9 Å². The van der Waals surface area contributed by atoms with Crippen LogP contribution in [0.2, 0.25) is 0 Å². The van der Waals surface area contributed by atoms with Gasteiger partial charge in [0, 0.05) is 41.3 Å². The minimum absolute atomic E-state index is 0.340. The normalized spacial score (nSPS) is 11.9. The Hall–Kier alpha value is -7.00. The maximum absolute atomic E-state index is 12.5. The van der Waals surface area contributed by atoms with Crippen LogP contribution in [0, 0.1) is 6.92 Å². The predicted molar refractivity (Wildman–Crippen MR) is 233 cm³/mol. The molecule has 0 saturated heterocycles. The van der Waals surface area contributed by atoms with Crippen LogP contribution < -0.4 is 9.47 Å². The highest BCUT2D eigenvalue weighted by Gasteiger charge is 2.40. The second-order valence-corrected chi connectivity index (χ2v) is 15.3. The Morgan fingerprint density at radius 2 is 0.817 bits per heavy atom. The third-order valence-corrected chi connectivity index (χ3v) is 11.2. The Kier molecular flexibility index (Phi) is 11.1. The first-order valence-electron chi connectivity index (χ1n) is 20.0. The molecule has 0 spiro atoms. The van der Waals surface area contributed by atoms with E-state index in [0.717, 1.165) is 22.3 Å². The van der Waals surface area contributed by atoms with E-state index >= 15 is 0 Å².